The molecule has 0 amide bonds. The van der Waals surface area contributed by atoms with E-state index in [0.717, 1.165) is 25.2 Å². The molecule has 0 aliphatic carbocycles. The minimum absolute atomic E-state index is 0.378. The van der Waals surface area contributed by atoms with E-state index in [1.807, 2.05) is 6.08 Å². The molecular formula is C17H26O. The minimum atomic E-state index is 0.378. The van der Waals surface area contributed by atoms with Crippen LogP contribution in [0.5, 0.6) is 5.75 Å². The molecule has 1 heteroatoms. The van der Waals surface area contributed by atoms with Crippen molar-refractivity contribution >= 4 is 0 Å². The number of benzene rings is 1. The minimum Gasteiger partial charge on any atom is -0.493 e. The van der Waals surface area contributed by atoms with Crippen LogP contribution in [0.2, 0.25) is 0 Å². The van der Waals surface area contributed by atoms with Gasteiger partial charge in [-0.25, -0.2) is 0 Å². The number of aryl methyl sites for hydroxylation is 1. The molecule has 0 heterocycles. The van der Waals surface area contributed by atoms with Gasteiger partial charge in [-0.3, -0.25) is 0 Å². The van der Waals surface area contributed by atoms with Crippen LogP contribution >= 0.6 is 0 Å². The summed E-state index contributed by atoms with van der Waals surface area (Å²) in [6.45, 7) is 13.4. The van der Waals surface area contributed by atoms with Gasteiger partial charge in [0.2, 0.25) is 0 Å². The van der Waals surface area contributed by atoms with Crippen LogP contribution in [0.1, 0.15) is 51.2 Å². The van der Waals surface area contributed by atoms with E-state index in [9.17, 15) is 0 Å². The maximum atomic E-state index is 5.86. The van der Waals surface area contributed by atoms with Crippen LogP contribution in [-0.2, 0) is 6.42 Å². The lowest BCUT2D eigenvalue weighted by atomic mass is 9.97. The largest absolute Gasteiger partial charge is 0.493 e. The first kappa shape index (κ1) is 14.8. The average Bonchev–Trinajstić information content (AvgIpc) is 2.35. The van der Waals surface area contributed by atoms with Crippen LogP contribution in [0.25, 0.3) is 0 Å². The molecule has 0 spiro atoms. The van der Waals surface area contributed by atoms with Gasteiger partial charge in [0.1, 0.15) is 5.75 Å². The van der Waals surface area contributed by atoms with Crippen molar-refractivity contribution in [2.75, 3.05) is 6.61 Å². The van der Waals surface area contributed by atoms with E-state index >= 15 is 0 Å². The van der Waals surface area contributed by atoms with E-state index < -0.39 is 0 Å². The highest BCUT2D eigenvalue weighted by molar-refractivity contribution is 5.37. The lowest BCUT2D eigenvalue weighted by Gasteiger charge is -2.14. The van der Waals surface area contributed by atoms with E-state index in [1.165, 1.54) is 11.1 Å². The second-order valence-corrected chi connectivity index (χ2v) is 5.39. The van der Waals surface area contributed by atoms with Gasteiger partial charge in [0.15, 0.2) is 0 Å². The normalized spacial score (nSPS) is 12.5. The Morgan fingerprint density at radius 3 is 2.50 bits per heavy atom. The van der Waals surface area contributed by atoms with Crippen LogP contribution in [0, 0.1) is 5.92 Å². The molecule has 0 aliphatic rings. The third kappa shape index (κ3) is 4.56. The van der Waals surface area contributed by atoms with Gasteiger partial charge in [-0.1, -0.05) is 46.3 Å². The molecule has 1 nitrogen and oxygen atoms in total. The van der Waals surface area contributed by atoms with Crippen LogP contribution in [-0.4, -0.2) is 6.61 Å². The fraction of sp³-hybridized carbons (Fsp3) is 0.529. The lowest BCUT2D eigenvalue weighted by Crippen LogP contribution is -2.05. The molecule has 0 N–H and O–H groups in total. The Morgan fingerprint density at radius 2 is 1.94 bits per heavy atom. The number of hydrogen-bond acceptors (Lipinski definition) is 1. The summed E-state index contributed by atoms with van der Waals surface area (Å²) in [6, 6.07) is 6.59. The van der Waals surface area contributed by atoms with Gasteiger partial charge < -0.3 is 4.74 Å². The smallest absolute Gasteiger partial charge is 0.119 e. The Labute approximate surface area is 112 Å². The van der Waals surface area contributed by atoms with Gasteiger partial charge in [-0.2, -0.15) is 0 Å². The molecule has 0 bridgehead atoms. The predicted molar refractivity (Wildman–Crippen MR) is 79.4 cm³/mol. The lowest BCUT2D eigenvalue weighted by molar-refractivity contribution is 0.270. The zero-order valence-corrected chi connectivity index (χ0v) is 12.2. The van der Waals surface area contributed by atoms with Crippen LogP contribution in [0.15, 0.2) is 30.9 Å². The monoisotopic (exact) mass is 246 g/mol. The summed E-state index contributed by atoms with van der Waals surface area (Å²) in [6.07, 6.45) is 4.25. The molecule has 1 aromatic rings. The Morgan fingerprint density at radius 1 is 1.22 bits per heavy atom. The molecule has 0 saturated carbocycles. The molecule has 0 aromatic heterocycles. The molecule has 0 saturated heterocycles. The van der Waals surface area contributed by atoms with Crippen LogP contribution in [0.3, 0.4) is 0 Å². The molecule has 1 unspecified atom stereocenters. The van der Waals surface area contributed by atoms with Gasteiger partial charge in [-0.05, 0) is 41.5 Å². The molecular weight excluding hydrogens is 220 g/mol. The second kappa shape index (κ2) is 7.25. The van der Waals surface area contributed by atoms with E-state index in [2.05, 4.69) is 52.5 Å². The molecule has 1 atom stereocenters. The number of hydrogen-bond donors (Lipinski definition) is 0. The summed E-state index contributed by atoms with van der Waals surface area (Å²) >= 11 is 0. The maximum Gasteiger partial charge on any atom is 0.119 e. The molecule has 1 rings (SSSR count). The van der Waals surface area contributed by atoms with Crippen molar-refractivity contribution in [2.24, 2.45) is 5.92 Å². The summed E-state index contributed by atoms with van der Waals surface area (Å²) in [4.78, 5) is 0. The summed E-state index contributed by atoms with van der Waals surface area (Å²) in [7, 11) is 0. The Hall–Kier alpha value is -1.24. The standard InChI is InChI=1S/C17H26O/c1-6-8-15-9-16(14(5)7-2)11-17(10-15)18-12-13(3)4/h7,9-11,13-14H,2,6,8,12H2,1,3-5H3. The number of allylic oxidation sites excluding steroid dienone is 1. The Balaban J connectivity index is 2.93. The number of rotatable bonds is 7. The average molecular weight is 246 g/mol. The van der Waals surface area contributed by atoms with Crippen molar-refractivity contribution in [1.82, 2.24) is 0 Å². The third-order valence-corrected chi connectivity index (χ3v) is 2.99. The van der Waals surface area contributed by atoms with Crippen molar-refractivity contribution < 1.29 is 4.74 Å². The van der Waals surface area contributed by atoms with E-state index in [1.54, 1.807) is 0 Å². The first-order valence-corrected chi connectivity index (χ1v) is 6.96. The predicted octanol–water partition coefficient (Wildman–Crippen LogP) is 4.96. The summed E-state index contributed by atoms with van der Waals surface area (Å²) in [5.74, 6) is 1.93. The van der Waals surface area contributed by atoms with Gasteiger partial charge in [0.05, 0.1) is 6.61 Å². The first-order valence-electron chi connectivity index (χ1n) is 6.96. The zero-order chi connectivity index (χ0) is 13.5. The molecule has 18 heavy (non-hydrogen) atoms. The number of ether oxygens (including phenoxy) is 1. The fourth-order valence-electron chi connectivity index (χ4n) is 1.86. The SMILES string of the molecule is C=CC(C)c1cc(CCC)cc(OCC(C)C)c1. The van der Waals surface area contributed by atoms with Crippen LogP contribution < -0.4 is 4.74 Å². The molecule has 1 aromatic carbocycles. The van der Waals surface area contributed by atoms with Crippen molar-refractivity contribution in [1.29, 1.82) is 0 Å². The zero-order valence-electron chi connectivity index (χ0n) is 12.2. The highest BCUT2D eigenvalue weighted by Crippen LogP contribution is 2.25. The van der Waals surface area contributed by atoms with Crippen molar-refractivity contribution in [3.8, 4) is 5.75 Å². The highest BCUT2D eigenvalue weighted by Gasteiger charge is 2.07. The van der Waals surface area contributed by atoms with Gasteiger partial charge in [-0.15, -0.1) is 6.58 Å². The third-order valence-electron chi connectivity index (χ3n) is 2.99. The summed E-state index contributed by atoms with van der Waals surface area (Å²) in [5.41, 5.74) is 2.66. The molecule has 0 aliphatic heterocycles. The quantitative estimate of drug-likeness (QED) is 0.618. The van der Waals surface area contributed by atoms with Crippen molar-refractivity contribution in [2.45, 2.75) is 46.5 Å². The topological polar surface area (TPSA) is 9.23 Å². The van der Waals surface area contributed by atoms with Crippen LogP contribution in [0.4, 0.5) is 0 Å². The molecule has 100 valence electrons. The summed E-state index contributed by atoms with van der Waals surface area (Å²) < 4.78 is 5.86. The van der Waals surface area contributed by atoms with Gasteiger partial charge >= 0.3 is 0 Å². The maximum absolute atomic E-state index is 5.86. The van der Waals surface area contributed by atoms with Gasteiger partial charge in [0.25, 0.3) is 0 Å². The summed E-state index contributed by atoms with van der Waals surface area (Å²) in [5, 5.41) is 0. The van der Waals surface area contributed by atoms with Crippen molar-refractivity contribution in [3.63, 3.8) is 0 Å². The van der Waals surface area contributed by atoms with E-state index in [-0.39, 0.29) is 0 Å². The van der Waals surface area contributed by atoms with E-state index in [4.69, 9.17) is 4.74 Å². The van der Waals surface area contributed by atoms with E-state index in [0.29, 0.717) is 11.8 Å². The Bertz CT molecular complexity index is 379. The van der Waals surface area contributed by atoms with Gasteiger partial charge in [0, 0.05) is 0 Å². The Kier molecular flexibility index (Phi) is 5.97. The molecule has 0 radical (unpaired) electrons. The highest BCUT2D eigenvalue weighted by atomic mass is 16.5. The molecule has 0 fully saturated rings. The fourth-order valence-corrected chi connectivity index (χ4v) is 1.86. The second-order valence-electron chi connectivity index (χ2n) is 5.39. The van der Waals surface area contributed by atoms with Crippen molar-refractivity contribution in [3.05, 3.63) is 42.0 Å². The first-order chi connectivity index (χ1) is 8.56.